The summed E-state index contributed by atoms with van der Waals surface area (Å²) in [5.41, 5.74) is 0.511. The summed E-state index contributed by atoms with van der Waals surface area (Å²) in [6, 6.07) is 5.16. The molecule has 1 amide bonds. The molecule has 0 unspecified atom stereocenters. The first-order valence-corrected chi connectivity index (χ1v) is 5.98. The Morgan fingerprint density at radius 2 is 2.12 bits per heavy atom. The molecule has 0 aliphatic rings. The molecule has 4 heteroatoms. The Bertz CT molecular complexity index is 393. The molecule has 0 saturated heterocycles. The van der Waals surface area contributed by atoms with Crippen molar-refractivity contribution in [3.05, 3.63) is 28.8 Å². The standard InChI is InChI=1S/C12H16ClNOS/c1-8(2)7-14(3)12(15)10-6-9(16)4-5-11(10)13/h4-6,8,16H,7H2,1-3H3. The average Bonchev–Trinajstić information content (AvgIpc) is 2.19. The minimum Gasteiger partial charge on any atom is -0.341 e. The number of hydrogen-bond donors (Lipinski definition) is 1. The largest absolute Gasteiger partial charge is 0.341 e. The number of benzene rings is 1. The normalized spacial score (nSPS) is 10.6. The van der Waals surface area contributed by atoms with Gasteiger partial charge in [0.15, 0.2) is 0 Å². The van der Waals surface area contributed by atoms with Gasteiger partial charge in [-0.05, 0) is 24.1 Å². The van der Waals surface area contributed by atoms with Gasteiger partial charge in [-0.1, -0.05) is 25.4 Å². The topological polar surface area (TPSA) is 20.3 Å². The van der Waals surface area contributed by atoms with Crippen molar-refractivity contribution in [1.82, 2.24) is 4.90 Å². The van der Waals surface area contributed by atoms with Crippen LogP contribution in [0.1, 0.15) is 24.2 Å². The minimum atomic E-state index is -0.0606. The zero-order valence-electron chi connectivity index (χ0n) is 9.70. The lowest BCUT2D eigenvalue weighted by Crippen LogP contribution is -2.30. The van der Waals surface area contributed by atoms with Crippen LogP contribution in [0.25, 0.3) is 0 Å². The van der Waals surface area contributed by atoms with E-state index in [2.05, 4.69) is 26.5 Å². The Balaban J connectivity index is 2.91. The van der Waals surface area contributed by atoms with E-state index in [0.29, 0.717) is 23.0 Å². The summed E-state index contributed by atoms with van der Waals surface area (Å²) in [5, 5.41) is 0.471. The van der Waals surface area contributed by atoms with Crippen LogP contribution in [0.4, 0.5) is 0 Å². The van der Waals surface area contributed by atoms with Crippen LogP contribution in [-0.4, -0.2) is 24.4 Å². The van der Waals surface area contributed by atoms with Crippen LogP contribution in [0, 0.1) is 5.92 Å². The second kappa shape index (κ2) is 5.60. The number of carbonyl (C=O) groups excluding carboxylic acids is 1. The molecule has 1 rings (SSSR count). The molecule has 0 bridgehead atoms. The van der Waals surface area contributed by atoms with Crippen molar-refractivity contribution in [1.29, 1.82) is 0 Å². The molecule has 0 atom stereocenters. The molecule has 16 heavy (non-hydrogen) atoms. The summed E-state index contributed by atoms with van der Waals surface area (Å²) < 4.78 is 0. The Morgan fingerprint density at radius 3 is 2.69 bits per heavy atom. The van der Waals surface area contributed by atoms with E-state index >= 15 is 0 Å². The number of halogens is 1. The van der Waals surface area contributed by atoms with Gasteiger partial charge in [0, 0.05) is 18.5 Å². The number of hydrogen-bond acceptors (Lipinski definition) is 2. The first-order chi connectivity index (χ1) is 7.41. The van der Waals surface area contributed by atoms with E-state index in [1.165, 1.54) is 0 Å². The van der Waals surface area contributed by atoms with E-state index in [4.69, 9.17) is 11.6 Å². The van der Waals surface area contributed by atoms with Crippen molar-refractivity contribution >= 4 is 30.1 Å². The molecule has 0 saturated carbocycles. The molecule has 0 spiro atoms. The second-order valence-electron chi connectivity index (χ2n) is 4.24. The van der Waals surface area contributed by atoms with Gasteiger partial charge in [0.2, 0.25) is 0 Å². The van der Waals surface area contributed by atoms with E-state index in [9.17, 15) is 4.79 Å². The zero-order valence-corrected chi connectivity index (χ0v) is 11.3. The third-order valence-corrected chi connectivity index (χ3v) is 2.77. The van der Waals surface area contributed by atoms with Crippen molar-refractivity contribution in [2.24, 2.45) is 5.92 Å². The predicted octanol–water partition coefficient (Wildman–Crippen LogP) is 3.36. The van der Waals surface area contributed by atoms with Crippen LogP contribution in [0.15, 0.2) is 23.1 Å². The molecule has 0 fully saturated rings. The quantitative estimate of drug-likeness (QED) is 0.824. The van der Waals surface area contributed by atoms with Crippen LogP contribution < -0.4 is 0 Å². The summed E-state index contributed by atoms with van der Waals surface area (Å²) in [6.07, 6.45) is 0. The van der Waals surface area contributed by atoms with E-state index < -0.39 is 0 Å². The van der Waals surface area contributed by atoms with Gasteiger partial charge in [0.25, 0.3) is 5.91 Å². The van der Waals surface area contributed by atoms with Gasteiger partial charge in [0.1, 0.15) is 0 Å². The van der Waals surface area contributed by atoms with Gasteiger partial charge in [-0.15, -0.1) is 12.6 Å². The highest BCUT2D eigenvalue weighted by atomic mass is 35.5. The number of amides is 1. The van der Waals surface area contributed by atoms with Gasteiger partial charge in [-0.25, -0.2) is 0 Å². The van der Waals surface area contributed by atoms with E-state index in [1.54, 1.807) is 30.1 Å². The predicted molar refractivity (Wildman–Crippen MR) is 70.5 cm³/mol. The second-order valence-corrected chi connectivity index (χ2v) is 5.17. The molecule has 0 aliphatic carbocycles. The molecule has 0 radical (unpaired) electrons. The van der Waals surface area contributed by atoms with Crippen LogP contribution in [0.5, 0.6) is 0 Å². The lowest BCUT2D eigenvalue weighted by Gasteiger charge is -2.20. The van der Waals surface area contributed by atoms with Gasteiger partial charge in [-0.3, -0.25) is 4.79 Å². The number of thiol groups is 1. The van der Waals surface area contributed by atoms with Crippen molar-refractivity contribution < 1.29 is 4.79 Å². The lowest BCUT2D eigenvalue weighted by molar-refractivity contribution is 0.0779. The van der Waals surface area contributed by atoms with Gasteiger partial charge >= 0.3 is 0 Å². The van der Waals surface area contributed by atoms with E-state index in [1.807, 2.05) is 0 Å². The highest BCUT2D eigenvalue weighted by Gasteiger charge is 2.15. The minimum absolute atomic E-state index is 0.0606. The smallest absolute Gasteiger partial charge is 0.255 e. The molecule has 1 aromatic rings. The van der Waals surface area contributed by atoms with Gasteiger partial charge in [0.05, 0.1) is 10.6 Å². The summed E-state index contributed by atoms with van der Waals surface area (Å²) in [5.74, 6) is 0.376. The highest BCUT2D eigenvalue weighted by molar-refractivity contribution is 7.80. The molecular formula is C12H16ClNOS. The van der Waals surface area contributed by atoms with Crippen LogP contribution in [0.2, 0.25) is 5.02 Å². The van der Waals surface area contributed by atoms with Crippen LogP contribution >= 0.6 is 24.2 Å². The van der Waals surface area contributed by atoms with Crippen LogP contribution in [-0.2, 0) is 0 Å². The molecule has 0 aromatic heterocycles. The highest BCUT2D eigenvalue weighted by Crippen LogP contribution is 2.21. The maximum atomic E-state index is 12.1. The monoisotopic (exact) mass is 257 g/mol. The third-order valence-electron chi connectivity index (χ3n) is 2.17. The fourth-order valence-corrected chi connectivity index (χ4v) is 1.92. The fraction of sp³-hybridized carbons (Fsp3) is 0.417. The molecule has 0 N–H and O–H groups in total. The average molecular weight is 258 g/mol. The number of nitrogens with zero attached hydrogens (tertiary/aromatic N) is 1. The Morgan fingerprint density at radius 1 is 1.50 bits per heavy atom. The van der Waals surface area contributed by atoms with Crippen molar-refractivity contribution in [3.8, 4) is 0 Å². The van der Waals surface area contributed by atoms with Gasteiger partial charge in [-0.2, -0.15) is 0 Å². The number of rotatable bonds is 3. The van der Waals surface area contributed by atoms with Gasteiger partial charge < -0.3 is 4.90 Å². The molecular weight excluding hydrogens is 242 g/mol. The summed E-state index contributed by atoms with van der Waals surface area (Å²) >= 11 is 10.2. The Labute approximate surface area is 107 Å². The SMILES string of the molecule is CC(C)CN(C)C(=O)c1cc(S)ccc1Cl. The fourth-order valence-electron chi connectivity index (χ4n) is 1.51. The van der Waals surface area contributed by atoms with Crippen molar-refractivity contribution in [2.45, 2.75) is 18.7 Å². The molecule has 1 aromatic carbocycles. The maximum absolute atomic E-state index is 12.1. The molecule has 0 heterocycles. The summed E-state index contributed by atoms with van der Waals surface area (Å²) in [6.45, 7) is 4.85. The Kier molecular flexibility index (Phi) is 4.69. The Hall–Kier alpha value is -0.670. The maximum Gasteiger partial charge on any atom is 0.255 e. The van der Waals surface area contributed by atoms with E-state index in [0.717, 1.165) is 4.90 Å². The number of carbonyl (C=O) groups is 1. The molecule has 2 nitrogen and oxygen atoms in total. The lowest BCUT2D eigenvalue weighted by atomic mass is 10.1. The summed E-state index contributed by atoms with van der Waals surface area (Å²) in [4.78, 5) is 14.5. The molecule has 0 aliphatic heterocycles. The third kappa shape index (κ3) is 3.42. The zero-order chi connectivity index (χ0) is 12.3. The van der Waals surface area contributed by atoms with E-state index in [-0.39, 0.29) is 5.91 Å². The van der Waals surface area contributed by atoms with Crippen molar-refractivity contribution in [2.75, 3.05) is 13.6 Å². The first-order valence-electron chi connectivity index (χ1n) is 5.15. The van der Waals surface area contributed by atoms with Crippen molar-refractivity contribution in [3.63, 3.8) is 0 Å². The first kappa shape index (κ1) is 13.4. The summed E-state index contributed by atoms with van der Waals surface area (Å²) in [7, 11) is 1.78. The molecule has 88 valence electrons. The van der Waals surface area contributed by atoms with Crippen LogP contribution in [0.3, 0.4) is 0 Å².